The molecular formula is C24H28ClFN2O4. The molecule has 0 bridgehead atoms. The van der Waals surface area contributed by atoms with E-state index >= 15 is 0 Å². The quantitative estimate of drug-likeness (QED) is 0.528. The third-order valence-corrected chi connectivity index (χ3v) is 6.22. The van der Waals surface area contributed by atoms with Crippen LogP contribution in [0.4, 0.5) is 20.6 Å². The number of hydrogen-bond acceptors (Lipinski definition) is 3. The van der Waals surface area contributed by atoms with Crippen LogP contribution in [0, 0.1) is 11.7 Å². The van der Waals surface area contributed by atoms with E-state index in [2.05, 4.69) is 19.2 Å². The van der Waals surface area contributed by atoms with Crippen molar-refractivity contribution in [3.63, 3.8) is 0 Å². The average molecular weight is 463 g/mol. The van der Waals surface area contributed by atoms with Crippen LogP contribution in [0.15, 0.2) is 36.4 Å². The maximum absolute atomic E-state index is 13.9. The van der Waals surface area contributed by atoms with Crippen molar-refractivity contribution in [2.45, 2.75) is 51.5 Å². The minimum absolute atomic E-state index is 0.128. The minimum atomic E-state index is -0.798. The van der Waals surface area contributed by atoms with Crippen LogP contribution in [0.5, 0.6) is 5.75 Å². The van der Waals surface area contributed by atoms with E-state index in [4.69, 9.17) is 16.3 Å². The highest BCUT2D eigenvalue weighted by Gasteiger charge is 2.34. The van der Waals surface area contributed by atoms with Crippen LogP contribution in [0.2, 0.25) is 5.02 Å². The van der Waals surface area contributed by atoms with Crippen molar-refractivity contribution in [3.8, 4) is 5.75 Å². The Labute approximate surface area is 192 Å². The van der Waals surface area contributed by atoms with Gasteiger partial charge in [0.2, 0.25) is 0 Å². The Morgan fingerprint density at radius 2 is 1.84 bits per heavy atom. The topological polar surface area (TPSA) is 78.9 Å². The number of halogens is 2. The first-order valence-corrected chi connectivity index (χ1v) is 11.1. The number of carbonyl (C=O) groups is 2. The fourth-order valence-corrected chi connectivity index (χ4v) is 4.38. The largest absolute Gasteiger partial charge is 0.494 e. The number of rotatable bonds is 6. The third-order valence-electron chi connectivity index (χ3n) is 5.93. The summed E-state index contributed by atoms with van der Waals surface area (Å²) in [7, 11) is 1.39. The lowest BCUT2D eigenvalue weighted by atomic mass is 9.85. The van der Waals surface area contributed by atoms with E-state index in [0.717, 1.165) is 17.3 Å². The van der Waals surface area contributed by atoms with Crippen LogP contribution in [0.3, 0.4) is 0 Å². The first kappa shape index (κ1) is 23.9. The van der Waals surface area contributed by atoms with E-state index in [1.165, 1.54) is 13.2 Å². The van der Waals surface area contributed by atoms with Crippen LogP contribution in [0.1, 0.15) is 51.0 Å². The number of ether oxygens (including phenoxy) is 1. The summed E-state index contributed by atoms with van der Waals surface area (Å²) in [5.41, 5.74) is 2.04. The number of anilines is 2. The zero-order valence-corrected chi connectivity index (χ0v) is 19.2. The zero-order valence-electron chi connectivity index (χ0n) is 18.4. The molecule has 2 aromatic carbocycles. The molecule has 0 radical (unpaired) electrons. The van der Waals surface area contributed by atoms with Crippen molar-refractivity contribution in [2.24, 2.45) is 5.92 Å². The van der Waals surface area contributed by atoms with Crippen LogP contribution in [-0.4, -0.2) is 30.3 Å². The van der Waals surface area contributed by atoms with Crippen molar-refractivity contribution in [2.75, 3.05) is 17.3 Å². The summed E-state index contributed by atoms with van der Waals surface area (Å²) < 4.78 is 19.1. The summed E-state index contributed by atoms with van der Waals surface area (Å²) in [6.07, 6.45) is 2.13. The molecule has 172 valence electrons. The molecule has 6 nitrogen and oxygen atoms in total. The molecule has 1 aliphatic carbocycles. The van der Waals surface area contributed by atoms with Crippen molar-refractivity contribution in [3.05, 3.63) is 52.8 Å². The fourth-order valence-electron chi connectivity index (χ4n) is 4.22. The van der Waals surface area contributed by atoms with Gasteiger partial charge in [-0.15, -0.1) is 0 Å². The van der Waals surface area contributed by atoms with Crippen LogP contribution in [-0.2, 0) is 4.79 Å². The summed E-state index contributed by atoms with van der Waals surface area (Å²) >= 11 is 5.93. The van der Waals surface area contributed by atoms with E-state index in [9.17, 15) is 19.1 Å². The summed E-state index contributed by atoms with van der Waals surface area (Å²) in [5.74, 6) is -1.51. The number of amides is 2. The van der Waals surface area contributed by atoms with E-state index < -0.39 is 23.7 Å². The van der Waals surface area contributed by atoms with Crippen molar-refractivity contribution >= 4 is 35.0 Å². The number of nitrogens with one attached hydrogen (secondary N) is 1. The van der Waals surface area contributed by atoms with Gasteiger partial charge in [-0.3, -0.25) is 9.69 Å². The summed E-state index contributed by atoms with van der Waals surface area (Å²) in [6, 6.07) is 9.55. The second-order valence-corrected chi connectivity index (χ2v) is 8.73. The van der Waals surface area contributed by atoms with E-state index in [1.54, 1.807) is 4.90 Å². The number of methoxy groups -OCH3 is 1. The molecule has 1 fully saturated rings. The van der Waals surface area contributed by atoms with Crippen LogP contribution < -0.4 is 15.0 Å². The molecule has 0 aliphatic heterocycles. The molecule has 0 saturated heterocycles. The molecule has 1 aliphatic rings. The molecule has 0 atom stereocenters. The van der Waals surface area contributed by atoms with Crippen LogP contribution in [0.25, 0.3) is 0 Å². The van der Waals surface area contributed by atoms with E-state index in [-0.39, 0.29) is 28.4 Å². The Balaban J connectivity index is 1.97. The number of urea groups is 1. The Morgan fingerprint density at radius 3 is 2.44 bits per heavy atom. The molecule has 2 aromatic rings. The number of carboxylic acids is 1. The number of hydrogen-bond donors (Lipinski definition) is 2. The molecule has 3 rings (SSSR count). The highest BCUT2D eigenvalue weighted by Crippen LogP contribution is 2.36. The summed E-state index contributed by atoms with van der Waals surface area (Å²) in [6.45, 7) is 4.11. The Kier molecular flexibility index (Phi) is 7.61. The average Bonchev–Trinajstić information content (AvgIpc) is 2.77. The Hall–Kier alpha value is -2.80. The molecular weight excluding hydrogens is 435 g/mol. The normalized spacial score (nSPS) is 18.3. The highest BCUT2D eigenvalue weighted by molar-refractivity contribution is 6.31. The van der Waals surface area contributed by atoms with Gasteiger partial charge in [0, 0.05) is 17.8 Å². The lowest BCUT2D eigenvalue weighted by Crippen LogP contribution is -2.46. The van der Waals surface area contributed by atoms with Gasteiger partial charge in [0.25, 0.3) is 0 Å². The molecule has 8 heteroatoms. The van der Waals surface area contributed by atoms with Crippen molar-refractivity contribution in [1.29, 1.82) is 0 Å². The van der Waals surface area contributed by atoms with Gasteiger partial charge < -0.3 is 15.2 Å². The maximum Gasteiger partial charge on any atom is 0.326 e. The first-order valence-electron chi connectivity index (χ1n) is 10.7. The predicted octanol–water partition coefficient (Wildman–Crippen LogP) is 6.29. The number of aliphatic carboxylic acids is 1. The van der Waals surface area contributed by atoms with Crippen molar-refractivity contribution < 1.29 is 23.8 Å². The first-order chi connectivity index (χ1) is 15.2. The van der Waals surface area contributed by atoms with Gasteiger partial charge in [-0.2, -0.15) is 0 Å². The van der Waals surface area contributed by atoms with Crippen LogP contribution >= 0.6 is 11.6 Å². The number of benzene rings is 2. The molecule has 32 heavy (non-hydrogen) atoms. The van der Waals surface area contributed by atoms with Gasteiger partial charge >= 0.3 is 12.0 Å². The van der Waals surface area contributed by atoms with Gasteiger partial charge in [0.1, 0.15) is 11.6 Å². The van der Waals surface area contributed by atoms with E-state index in [1.807, 2.05) is 24.3 Å². The van der Waals surface area contributed by atoms with Gasteiger partial charge in [0.15, 0.2) is 0 Å². The Morgan fingerprint density at radius 1 is 1.19 bits per heavy atom. The lowest BCUT2D eigenvalue weighted by Gasteiger charge is -2.37. The standard InChI is InChI=1S/C24H28ClFN2O4/c1-14(2)17-6-4-5-7-21(17)28(16-10-8-15(9-11-16)23(29)30)24(31)27-20-12-18(25)19(26)13-22(20)32-3/h4-7,12-16H,8-11H2,1-3H3,(H,27,31)(H,29,30)/t15-,16-. The monoisotopic (exact) mass is 462 g/mol. The number of carboxylic acid groups (broad SMARTS) is 1. The van der Waals surface area contributed by atoms with Gasteiger partial charge in [-0.05, 0) is 49.3 Å². The molecule has 0 spiro atoms. The predicted molar refractivity (Wildman–Crippen MR) is 123 cm³/mol. The lowest BCUT2D eigenvalue weighted by molar-refractivity contribution is -0.142. The van der Waals surface area contributed by atoms with Gasteiger partial charge in [-0.25, -0.2) is 9.18 Å². The Bertz CT molecular complexity index is 990. The summed E-state index contributed by atoms with van der Waals surface area (Å²) in [5, 5.41) is 12.0. The maximum atomic E-state index is 13.9. The van der Waals surface area contributed by atoms with Gasteiger partial charge in [0.05, 0.1) is 23.7 Å². The highest BCUT2D eigenvalue weighted by atomic mass is 35.5. The van der Waals surface area contributed by atoms with E-state index in [0.29, 0.717) is 25.7 Å². The molecule has 0 aromatic heterocycles. The number of carbonyl (C=O) groups excluding carboxylic acids is 1. The SMILES string of the molecule is COc1cc(F)c(Cl)cc1NC(=O)N(c1ccccc1C(C)C)[C@H]1CC[C@H](C(=O)O)CC1. The zero-order chi connectivity index (χ0) is 23.4. The third kappa shape index (κ3) is 5.15. The second-order valence-electron chi connectivity index (χ2n) is 8.32. The minimum Gasteiger partial charge on any atom is -0.494 e. The molecule has 0 heterocycles. The molecule has 2 N–H and O–H groups in total. The molecule has 1 saturated carbocycles. The molecule has 2 amide bonds. The summed E-state index contributed by atoms with van der Waals surface area (Å²) in [4.78, 5) is 26.7. The second kappa shape index (κ2) is 10.2. The molecule has 0 unspecified atom stereocenters. The van der Waals surface area contributed by atoms with Gasteiger partial charge in [-0.1, -0.05) is 43.6 Å². The van der Waals surface area contributed by atoms with Crippen molar-refractivity contribution in [1.82, 2.24) is 0 Å². The number of para-hydroxylation sites is 1. The smallest absolute Gasteiger partial charge is 0.326 e. The fraction of sp³-hybridized carbons (Fsp3) is 0.417. The number of nitrogens with zero attached hydrogens (tertiary/aromatic N) is 1.